The van der Waals surface area contributed by atoms with E-state index in [9.17, 15) is 14.7 Å². The van der Waals surface area contributed by atoms with Crippen molar-refractivity contribution < 1.29 is 14.6 Å². The van der Waals surface area contributed by atoms with Crippen LogP contribution in [0.4, 0.5) is 0 Å². The van der Waals surface area contributed by atoms with Crippen molar-refractivity contribution in [2.45, 2.75) is 16.7 Å². The number of aromatic nitrogens is 1. The number of methoxy groups -OCH3 is 1. The fourth-order valence-electron chi connectivity index (χ4n) is 5.13. The molecule has 1 unspecified atom stereocenters. The largest absolute Gasteiger partial charge is 0.502 e. The molecule has 7 nitrogen and oxygen atoms in total. The number of nitrogens with zero attached hydrogens (tertiary/aromatic N) is 3. The average molecular weight is 532 g/mol. The Hall–Kier alpha value is -3.53. The molecule has 0 aliphatic carbocycles. The molecule has 188 valence electrons. The summed E-state index contributed by atoms with van der Waals surface area (Å²) in [4.78, 5) is 29.8. The van der Waals surface area contributed by atoms with Gasteiger partial charge in [0.1, 0.15) is 6.67 Å². The van der Waals surface area contributed by atoms with E-state index in [0.29, 0.717) is 13.2 Å². The van der Waals surface area contributed by atoms with Gasteiger partial charge in [-0.2, -0.15) is 0 Å². The van der Waals surface area contributed by atoms with Crippen LogP contribution in [0.25, 0.3) is 10.4 Å². The molecule has 0 bridgehead atoms. The number of amides is 1. The lowest BCUT2D eigenvalue weighted by Crippen LogP contribution is -2.56. The zero-order chi connectivity index (χ0) is 25.5. The number of hydrogen-bond acceptors (Lipinski definition) is 7. The highest BCUT2D eigenvalue weighted by Crippen LogP contribution is 2.46. The molecule has 1 atom stereocenters. The number of carbonyl (C=O) groups excluding carboxylic acids is 1. The van der Waals surface area contributed by atoms with Crippen molar-refractivity contribution >= 4 is 29.0 Å². The molecule has 37 heavy (non-hydrogen) atoms. The van der Waals surface area contributed by atoms with Crippen molar-refractivity contribution in [2.75, 3.05) is 31.9 Å². The molecule has 0 spiro atoms. The van der Waals surface area contributed by atoms with Crippen molar-refractivity contribution in [1.29, 1.82) is 0 Å². The molecule has 6 rings (SSSR count). The SMILES string of the molecule is COCCN1CN(C2c3ccccc3SCc3c(-c4cccs4)cccc32)n2ccc(=O)c(O)c2C1=O. The first-order chi connectivity index (χ1) is 18.1. The van der Waals surface area contributed by atoms with Gasteiger partial charge in [0.05, 0.1) is 12.6 Å². The van der Waals surface area contributed by atoms with Crippen LogP contribution in [0.3, 0.4) is 0 Å². The third-order valence-corrected chi connectivity index (χ3v) is 8.90. The predicted octanol–water partition coefficient (Wildman–Crippen LogP) is 4.68. The molecule has 1 amide bonds. The zero-order valence-corrected chi connectivity index (χ0v) is 21.8. The summed E-state index contributed by atoms with van der Waals surface area (Å²) in [5.74, 6) is -0.130. The highest BCUT2D eigenvalue weighted by molar-refractivity contribution is 7.98. The highest BCUT2D eigenvalue weighted by atomic mass is 32.2. The van der Waals surface area contributed by atoms with E-state index in [-0.39, 0.29) is 18.4 Å². The summed E-state index contributed by atoms with van der Waals surface area (Å²) >= 11 is 3.52. The molecular weight excluding hydrogens is 506 g/mol. The molecule has 2 aromatic heterocycles. The van der Waals surface area contributed by atoms with E-state index in [2.05, 4.69) is 52.9 Å². The van der Waals surface area contributed by atoms with Crippen LogP contribution in [-0.4, -0.2) is 47.5 Å². The monoisotopic (exact) mass is 531 g/mol. The molecule has 0 saturated heterocycles. The van der Waals surface area contributed by atoms with Crippen LogP contribution in [0.2, 0.25) is 0 Å². The second-order valence-electron chi connectivity index (χ2n) is 8.94. The lowest BCUT2D eigenvalue weighted by molar-refractivity contribution is 0.0614. The third-order valence-electron chi connectivity index (χ3n) is 6.88. The number of ether oxygens (including phenoxy) is 1. The number of thiophene rings is 1. The summed E-state index contributed by atoms with van der Waals surface area (Å²) < 4.78 is 6.91. The van der Waals surface area contributed by atoms with E-state index in [1.165, 1.54) is 22.1 Å². The zero-order valence-electron chi connectivity index (χ0n) is 20.2. The van der Waals surface area contributed by atoms with Gasteiger partial charge < -0.3 is 14.7 Å². The minimum atomic E-state index is -0.578. The Kier molecular flexibility index (Phi) is 6.27. The molecule has 4 aromatic rings. The normalized spacial score (nSPS) is 16.7. The van der Waals surface area contributed by atoms with Gasteiger partial charge in [0.25, 0.3) is 5.91 Å². The lowest BCUT2D eigenvalue weighted by Gasteiger charge is -2.44. The Morgan fingerprint density at radius 2 is 1.86 bits per heavy atom. The van der Waals surface area contributed by atoms with E-state index in [1.54, 1.807) is 46.0 Å². The number of benzene rings is 2. The summed E-state index contributed by atoms with van der Waals surface area (Å²) in [5.41, 5.74) is 4.08. The maximum absolute atomic E-state index is 13.4. The molecule has 2 aliphatic heterocycles. The fraction of sp³-hybridized carbons (Fsp3) is 0.214. The summed E-state index contributed by atoms with van der Waals surface area (Å²) in [6.45, 7) is 0.942. The second-order valence-corrected chi connectivity index (χ2v) is 10.9. The number of aromatic hydroxyl groups is 1. The van der Waals surface area contributed by atoms with Crippen LogP contribution in [0.15, 0.2) is 81.9 Å². The molecule has 0 radical (unpaired) electrons. The molecule has 0 fully saturated rings. The predicted molar refractivity (Wildman–Crippen MR) is 146 cm³/mol. The highest BCUT2D eigenvalue weighted by Gasteiger charge is 2.38. The Balaban J connectivity index is 1.60. The van der Waals surface area contributed by atoms with E-state index in [1.807, 2.05) is 12.1 Å². The first-order valence-electron chi connectivity index (χ1n) is 12.0. The molecular formula is C28H25N3O4S2. The van der Waals surface area contributed by atoms with Gasteiger partial charge in [-0.25, -0.2) is 0 Å². The molecule has 0 saturated carbocycles. The van der Waals surface area contributed by atoms with Gasteiger partial charge in [-0.1, -0.05) is 42.5 Å². The van der Waals surface area contributed by atoms with Crippen LogP contribution in [-0.2, 0) is 10.5 Å². The van der Waals surface area contributed by atoms with Crippen LogP contribution < -0.4 is 10.4 Å². The van der Waals surface area contributed by atoms with Gasteiger partial charge in [-0.3, -0.25) is 19.3 Å². The van der Waals surface area contributed by atoms with Crippen molar-refractivity contribution in [3.8, 4) is 16.2 Å². The van der Waals surface area contributed by atoms with Crippen molar-refractivity contribution in [1.82, 2.24) is 9.58 Å². The summed E-state index contributed by atoms with van der Waals surface area (Å²) in [5, 5.41) is 14.9. The van der Waals surface area contributed by atoms with Crippen LogP contribution in [0.5, 0.6) is 5.75 Å². The molecule has 9 heteroatoms. The quantitative estimate of drug-likeness (QED) is 0.403. The number of fused-ring (bicyclic) bond motifs is 3. The number of hydrogen-bond donors (Lipinski definition) is 1. The smallest absolute Gasteiger partial charge is 0.277 e. The van der Waals surface area contributed by atoms with Crippen molar-refractivity contribution in [3.05, 3.63) is 105 Å². The van der Waals surface area contributed by atoms with Crippen LogP contribution in [0.1, 0.15) is 33.2 Å². The Morgan fingerprint density at radius 3 is 2.68 bits per heavy atom. The number of thioether (sulfide) groups is 1. The maximum Gasteiger partial charge on any atom is 0.277 e. The summed E-state index contributed by atoms with van der Waals surface area (Å²) in [6.07, 6.45) is 1.59. The Labute approximate surface area is 222 Å². The van der Waals surface area contributed by atoms with Gasteiger partial charge in [-0.05, 0) is 39.8 Å². The molecule has 1 N–H and O–H groups in total. The third kappa shape index (κ3) is 4.03. The van der Waals surface area contributed by atoms with Gasteiger partial charge in [0, 0.05) is 41.4 Å². The van der Waals surface area contributed by atoms with E-state index in [0.717, 1.165) is 21.8 Å². The van der Waals surface area contributed by atoms with E-state index >= 15 is 0 Å². The van der Waals surface area contributed by atoms with Gasteiger partial charge in [-0.15, -0.1) is 23.1 Å². The Morgan fingerprint density at radius 1 is 1.03 bits per heavy atom. The van der Waals surface area contributed by atoms with Crippen molar-refractivity contribution in [3.63, 3.8) is 0 Å². The molecule has 4 heterocycles. The number of carbonyl (C=O) groups is 1. The molecule has 2 aromatic carbocycles. The van der Waals surface area contributed by atoms with Crippen LogP contribution in [0, 0.1) is 0 Å². The topological polar surface area (TPSA) is 75.0 Å². The average Bonchev–Trinajstić information content (AvgIpc) is 3.40. The number of rotatable bonds is 5. The standard InChI is InChI=1S/C28H25N3O4S2/c1-35-14-13-29-17-31(30-12-11-22(32)27(33)26(30)28(29)34)25-19-8-4-7-18(23-10-5-15-36-23)21(19)16-37-24-9-3-2-6-20(24)25/h2-12,15,25,33H,13-14,16-17H2,1H3. The first kappa shape index (κ1) is 23.8. The van der Waals surface area contributed by atoms with Gasteiger partial charge in [0.15, 0.2) is 11.4 Å². The van der Waals surface area contributed by atoms with E-state index < -0.39 is 17.1 Å². The van der Waals surface area contributed by atoms with Crippen molar-refractivity contribution in [2.24, 2.45) is 0 Å². The lowest BCUT2D eigenvalue weighted by atomic mass is 9.91. The number of pyridine rings is 1. The van der Waals surface area contributed by atoms with Gasteiger partial charge >= 0.3 is 0 Å². The Bertz CT molecular complexity index is 1530. The maximum atomic E-state index is 13.4. The summed E-state index contributed by atoms with van der Waals surface area (Å²) in [6, 6.07) is 20.0. The van der Waals surface area contributed by atoms with Crippen LogP contribution >= 0.6 is 23.1 Å². The summed E-state index contributed by atoms with van der Waals surface area (Å²) in [7, 11) is 1.59. The van der Waals surface area contributed by atoms with Gasteiger partial charge in [0.2, 0.25) is 5.43 Å². The fourth-order valence-corrected chi connectivity index (χ4v) is 7.05. The first-order valence-corrected chi connectivity index (χ1v) is 13.8. The second kappa shape index (κ2) is 9.74. The van der Waals surface area contributed by atoms with E-state index in [4.69, 9.17) is 4.74 Å². The minimum Gasteiger partial charge on any atom is -0.502 e. The molecule has 2 aliphatic rings. The minimum absolute atomic E-state index is 0.0276.